The standard InChI is InChI=1S/C11H11N3/c1-8-5-10-11(6-9(8)2)14(4-3-12)7-13-10/h5-7H,4H2,1-2H3. The molecular weight excluding hydrogens is 174 g/mol. The number of hydrogen-bond donors (Lipinski definition) is 0. The topological polar surface area (TPSA) is 41.6 Å². The summed E-state index contributed by atoms with van der Waals surface area (Å²) in [4.78, 5) is 4.25. The summed E-state index contributed by atoms with van der Waals surface area (Å²) in [7, 11) is 0. The number of hydrogen-bond acceptors (Lipinski definition) is 2. The number of imidazole rings is 1. The molecule has 1 aromatic carbocycles. The van der Waals surface area contributed by atoms with Crippen molar-refractivity contribution in [1.82, 2.24) is 9.55 Å². The van der Waals surface area contributed by atoms with E-state index in [-0.39, 0.29) is 0 Å². The van der Waals surface area contributed by atoms with Crippen molar-refractivity contribution in [3.8, 4) is 6.07 Å². The van der Waals surface area contributed by atoms with Crippen LogP contribution in [0.1, 0.15) is 11.1 Å². The third kappa shape index (κ3) is 1.25. The zero-order valence-corrected chi connectivity index (χ0v) is 8.28. The molecule has 14 heavy (non-hydrogen) atoms. The molecule has 1 heterocycles. The summed E-state index contributed by atoms with van der Waals surface area (Å²) in [5.74, 6) is 0. The van der Waals surface area contributed by atoms with E-state index in [4.69, 9.17) is 5.26 Å². The van der Waals surface area contributed by atoms with Gasteiger partial charge in [0.2, 0.25) is 0 Å². The lowest BCUT2D eigenvalue weighted by atomic mass is 10.1. The van der Waals surface area contributed by atoms with Crippen molar-refractivity contribution in [1.29, 1.82) is 5.26 Å². The van der Waals surface area contributed by atoms with Crippen LogP contribution in [0.4, 0.5) is 0 Å². The molecule has 0 bridgehead atoms. The van der Waals surface area contributed by atoms with Crippen molar-refractivity contribution < 1.29 is 0 Å². The van der Waals surface area contributed by atoms with Crippen molar-refractivity contribution in [3.63, 3.8) is 0 Å². The first-order valence-corrected chi connectivity index (χ1v) is 4.51. The molecule has 0 N–H and O–H groups in total. The van der Waals surface area contributed by atoms with Crippen molar-refractivity contribution in [3.05, 3.63) is 29.6 Å². The van der Waals surface area contributed by atoms with Crippen LogP contribution in [0.3, 0.4) is 0 Å². The Bertz CT molecular complexity index is 517. The lowest BCUT2D eigenvalue weighted by Gasteiger charge is -2.01. The van der Waals surface area contributed by atoms with E-state index in [1.807, 2.05) is 4.57 Å². The number of fused-ring (bicyclic) bond motifs is 1. The van der Waals surface area contributed by atoms with Crippen LogP contribution in [-0.4, -0.2) is 9.55 Å². The minimum absolute atomic E-state index is 0.360. The molecule has 0 saturated carbocycles. The highest BCUT2D eigenvalue weighted by atomic mass is 15.0. The summed E-state index contributed by atoms with van der Waals surface area (Å²) in [5.41, 5.74) is 4.47. The second-order valence-corrected chi connectivity index (χ2v) is 3.46. The summed E-state index contributed by atoms with van der Waals surface area (Å²) in [5, 5.41) is 8.62. The summed E-state index contributed by atoms with van der Waals surface area (Å²) < 4.78 is 1.86. The largest absolute Gasteiger partial charge is 0.317 e. The molecule has 0 saturated heterocycles. The fraction of sp³-hybridized carbons (Fsp3) is 0.273. The first-order valence-electron chi connectivity index (χ1n) is 4.51. The van der Waals surface area contributed by atoms with Gasteiger partial charge in [0.05, 0.1) is 23.4 Å². The highest BCUT2D eigenvalue weighted by molar-refractivity contribution is 5.77. The summed E-state index contributed by atoms with van der Waals surface area (Å²) >= 11 is 0. The number of benzene rings is 1. The molecule has 0 aliphatic heterocycles. The molecule has 0 unspecified atom stereocenters. The van der Waals surface area contributed by atoms with E-state index in [0.717, 1.165) is 11.0 Å². The second kappa shape index (κ2) is 3.15. The van der Waals surface area contributed by atoms with Crippen LogP contribution < -0.4 is 0 Å². The molecule has 70 valence electrons. The molecule has 0 aliphatic rings. The molecule has 2 aromatic rings. The molecule has 3 heteroatoms. The highest BCUT2D eigenvalue weighted by Gasteiger charge is 2.03. The van der Waals surface area contributed by atoms with Gasteiger partial charge in [0.15, 0.2) is 0 Å². The maximum atomic E-state index is 8.62. The molecule has 0 aliphatic carbocycles. The van der Waals surface area contributed by atoms with E-state index in [1.165, 1.54) is 11.1 Å². The average Bonchev–Trinajstić information content (AvgIpc) is 2.51. The Hall–Kier alpha value is -1.82. The Labute approximate surface area is 82.6 Å². The van der Waals surface area contributed by atoms with Crippen LogP contribution in [0.2, 0.25) is 0 Å². The van der Waals surface area contributed by atoms with Gasteiger partial charge in [0.25, 0.3) is 0 Å². The van der Waals surface area contributed by atoms with Gasteiger partial charge in [0.1, 0.15) is 6.54 Å². The number of nitrogens with zero attached hydrogens (tertiary/aromatic N) is 3. The Morgan fingerprint density at radius 3 is 2.79 bits per heavy atom. The Morgan fingerprint density at radius 2 is 2.07 bits per heavy atom. The molecule has 2 rings (SSSR count). The van der Waals surface area contributed by atoms with Gasteiger partial charge in [-0.3, -0.25) is 0 Å². The molecule has 3 nitrogen and oxygen atoms in total. The van der Waals surface area contributed by atoms with Gasteiger partial charge in [-0.15, -0.1) is 0 Å². The summed E-state index contributed by atoms with van der Waals surface area (Å²) in [6, 6.07) is 6.25. The first kappa shape index (κ1) is 8.76. The van der Waals surface area contributed by atoms with Gasteiger partial charge in [-0.05, 0) is 37.1 Å². The zero-order chi connectivity index (χ0) is 10.1. The Kier molecular flexibility index (Phi) is 1.97. The van der Waals surface area contributed by atoms with Gasteiger partial charge in [-0.25, -0.2) is 4.98 Å². The van der Waals surface area contributed by atoms with Crippen LogP contribution in [-0.2, 0) is 6.54 Å². The lowest BCUT2D eigenvalue weighted by Crippen LogP contribution is -1.93. The number of aromatic nitrogens is 2. The van der Waals surface area contributed by atoms with Gasteiger partial charge in [0, 0.05) is 0 Å². The average molecular weight is 185 g/mol. The quantitative estimate of drug-likeness (QED) is 0.683. The third-order valence-corrected chi connectivity index (χ3v) is 2.48. The van der Waals surface area contributed by atoms with E-state index >= 15 is 0 Å². The lowest BCUT2D eigenvalue weighted by molar-refractivity contribution is 0.859. The van der Waals surface area contributed by atoms with Gasteiger partial charge >= 0.3 is 0 Å². The van der Waals surface area contributed by atoms with Crippen LogP contribution >= 0.6 is 0 Å². The molecule has 0 spiro atoms. The zero-order valence-electron chi connectivity index (χ0n) is 8.28. The van der Waals surface area contributed by atoms with Gasteiger partial charge in [-0.1, -0.05) is 0 Å². The molecule has 0 fully saturated rings. The minimum Gasteiger partial charge on any atom is -0.317 e. The predicted molar refractivity (Wildman–Crippen MR) is 54.8 cm³/mol. The van der Waals surface area contributed by atoms with Crippen molar-refractivity contribution in [2.75, 3.05) is 0 Å². The highest BCUT2D eigenvalue weighted by Crippen LogP contribution is 2.17. The number of aryl methyl sites for hydroxylation is 2. The number of rotatable bonds is 1. The summed E-state index contributed by atoms with van der Waals surface area (Å²) in [6.07, 6.45) is 1.72. The first-order chi connectivity index (χ1) is 6.72. The van der Waals surface area contributed by atoms with Crippen molar-refractivity contribution >= 4 is 11.0 Å². The van der Waals surface area contributed by atoms with E-state index < -0.39 is 0 Å². The SMILES string of the molecule is Cc1cc2ncn(CC#N)c2cc1C. The smallest absolute Gasteiger partial charge is 0.111 e. The fourth-order valence-corrected chi connectivity index (χ4v) is 1.52. The van der Waals surface area contributed by atoms with Crippen LogP contribution in [0, 0.1) is 25.2 Å². The normalized spacial score (nSPS) is 10.4. The molecule has 1 aromatic heterocycles. The van der Waals surface area contributed by atoms with E-state index in [9.17, 15) is 0 Å². The van der Waals surface area contributed by atoms with E-state index in [1.54, 1.807) is 6.33 Å². The monoisotopic (exact) mass is 185 g/mol. The van der Waals surface area contributed by atoms with Crippen molar-refractivity contribution in [2.24, 2.45) is 0 Å². The Morgan fingerprint density at radius 1 is 1.36 bits per heavy atom. The van der Waals surface area contributed by atoms with Crippen molar-refractivity contribution in [2.45, 2.75) is 20.4 Å². The van der Waals surface area contributed by atoms with E-state index in [2.05, 4.69) is 37.0 Å². The van der Waals surface area contributed by atoms with Crippen LogP contribution in [0.15, 0.2) is 18.5 Å². The molecule has 0 amide bonds. The third-order valence-electron chi connectivity index (χ3n) is 2.48. The van der Waals surface area contributed by atoms with Crippen LogP contribution in [0.5, 0.6) is 0 Å². The molecular formula is C11H11N3. The second-order valence-electron chi connectivity index (χ2n) is 3.46. The van der Waals surface area contributed by atoms with Crippen LogP contribution in [0.25, 0.3) is 11.0 Å². The van der Waals surface area contributed by atoms with Gasteiger partial charge in [-0.2, -0.15) is 5.26 Å². The Balaban J connectivity index is 2.69. The summed E-state index contributed by atoms with van der Waals surface area (Å²) in [6.45, 7) is 4.50. The maximum Gasteiger partial charge on any atom is 0.111 e. The van der Waals surface area contributed by atoms with Gasteiger partial charge < -0.3 is 4.57 Å². The number of nitriles is 1. The maximum absolute atomic E-state index is 8.62. The molecule has 0 radical (unpaired) electrons. The molecule has 0 atom stereocenters. The fourth-order valence-electron chi connectivity index (χ4n) is 1.52. The predicted octanol–water partition coefficient (Wildman–Crippen LogP) is 2.18. The minimum atomic E-state index is 0.360. The van der Waals surface area contributed by atoms with E-state index in [0.29, 0.717) is 6.54 Å².